The molecule has 0 bridgehead atoms. The van der Waals surface area contributed by atoms with Crippen LogP contribution in [0.1, 0.15) is 55.0 Å². The highest BCUT2D eigenvalue weighted by molar-refractivity contribution is 7.98. The Hall–Kier alpha value is -4.04. The molecule has 0 spiro atoms. The van der Waals surface area contributed by atoms with Crippen molar-refractivity contribution in [3.05, 3.63) is 106 Å². The van der Waals surface area contributed by atoms with Gasteiger partial charge < -0.3 is 15.4 Å². The molecule has 0 aliphatic carbocycles. The third-order valence-corrected chi connectivity index (χ3v) is 7.79. The van der Waals surface area contributed by atoms with E-state index in [0.29, 0.717) is 23.3 Å². The Balaban J connectivity index is 1.47. The zero-order chi connectivity index (χ0) is 28.1. The highest BCUT2D eigenvalue weighted by atomic mass is 32.2. The van der Waals surface area contributed by atoms with Crippen molar-refractivity contribution in [3.8, 4) is 5.75 Å². The number of carbonyl (C=O) groups excluding carboxylic acids is 1. The van der Waals surface area contributed by atoms with E-state index >= 15 is 0 Å². The fourth-order valence-corrected chi connectivity index (χ4v) is 5.53. The summed E-state index contributed by atoms with van der Waals surface area (Å²) in [5, 5.41) is 12.0. The first-order valence-electron chi connectivity index (χ1n) is 13.7. The van der Waals surface area contributed by atoms with E-state index in [-0.39, 0.29) is 5.91 Å². The van der Waals surface area contributed by atoms with Crippen molar-refractivity contribution in [2.45, 2.75) is 57.5 Å². The van der Waals surface area contributed by atoms with E-state index in [0.717, 1.165) is 52.4 Å². The Morgan fingerprint density at radius 1 is 1.05 bits per heavy atom. The van der Waals surface area contributed by atoms with Crippen LogP contribution in [0.4, 0.5) is 11.6 Å². The van der Waals surface area contributed by atoms with Gasteiger partial charge in [-0.1, -0.05) is 85.3 Å². The highest BCUT2D eigenvalue weighted by Gasteiger charge is 2.34. The Morgan fingerprint density at radius 3 is 2.55 bits per heavy atom. The molecule has 1 aromatic heterocycles. The average Bonchev–Trinajstić information content (AvgIpc) is 3.36. The summed E-state index contributed by atoms with van der Waals surface area (Å²) in [5.74, 6) is 2.01. The Kier molecular flexibility index (Phi) is 8.55. The molecule has 5 rings (SSSR count). The van der Waals surface area contributed by atoms with Crippen molar-refractivity contribution in [1.29, 1.82) is 0 Å². The number of nitrogens with zero attached hydrogens (tertiary/aromatic N) is 3. The van der Waals surface area contributed by atoms with E-state index in [2.05, 4.69) is 35.8 Å². The number of unbranched alkanes of at least 4 members (excludes halogenated alkanes) is 1. The van der Waals surface area contributed by atoms with E-state index in [1.54, 1.807) is 11.8 Å². The van der Waals surface area contributed by atoms with Crippen LogP contribution < -0.4 is 15.4 Å². The topological polar surface area (TPSA) is 81.1 Å². The Labute approximate surface area is 240 Å². The number of hydrogen-bond acceptors (Lipinski definition) is 6. The van der Waals surface area contributed by atoms with Crippen LogP contribution in [-0.4, -0.2) is 27.3 Å². The molecule has 1 aliphatic rings. The number of aryl methyl sites for hydroxylation is 2. The molecule has 206 valence electrons. The zero-order valence-electron chi connectivity index (χ0n) is 23.4. The minimum atomic E-state index is -0.453. The van der Waals surface area contributed by atoms with Crippen molar-refractivity contribution >= 4 is 29.3 Å². The third-order valence-electron chi connectivity index (χ3n) is 6.88. The van der Waals surface area contributed by atoms with E-state index in [1.165, 1.54) is 5.56 Å². The van der Waals surface area contributed by atoms with E-state index in [1.807, 2.05) is 80.1 Å². The van der Waals surface area contributed by atoms with Gasteiger partial charge in [-0.2, -0.15) is 4.98 Å². The fraction of sp³-hybridized carbons (Fsp3) is 0.281. The van der Waals surface area contributed by atoms with Gasteiger partial charge >= 0.3 is 0 Å². The smallest absolute Gasteiger partial charge is 0.255 e. The van der Waals surface area contributed by atoms with Crippen molar-refractivity contribution in [2.24, 2.45) is 0 Å². The Bertz CT molecular complexity index is 1510. The third kappa shape index (κ3) is 6.23. The van der Waals surface area contributed by atoms with Gasteiger partial charge in [0.2, 0.25) is 11.1 Å². The normalized spacial score (nSPS) is 14.4. The molecule has 2 N–H and O–H groups in total. The molecule has 2 heterocycles. The van der Waals surface area contributed by atoms with Crippen LogP contribution in [0.2, 0.25) is 0 Å². The minimum absolute atomic E-state index is 0.176. The number of aromatic nitrogens is 3. The highest BCUT2D eigenvalue weighted by Crippen LogP contribution is 2.37. The van der Waals surface area contributed by atoms with Crippen LogP contribution >= 0.6 is 11.8 Å². The molecule has 0 saturated heterocycles. The maximum Gasteiger partial charge on any atom is 0.255 e. The largest absolute Gasteiger partial charge is 0.494 e. The molecule has 3 aromatic carbocycles. The molecule has 1 aliphatic heterocycles. The molecule has 40 heavy (non-hydrogen) atoms. The number of carbonyl (C=O) groups is 1. The van der Waals surface area contributed by atoms with E-state index < -0.39 is 6.04 Å². The summed E-state index contributed by atoms with van der Waals surface area (Å²) in [7, 11) is 0. The molecular formula is C32H35N5O2S. The molecule has 7 nitrogen and oxygen atoms in total. The zero-order valence-corrected chi connectivity index (χ0v) is 24.2. The summed E-state index contributed by atoms with van der Waals surface area (Å²) in [6, 6.07) is 23.8. The lowest BCUT2D eigenvalue weighted by Gasteiger charge is -2.29. The fourth-order valence-electron chi connectivity index (χ4n) is 4.74. The molecule has 4 aromatic rings. The van der Waals surface area contributed by atoms with Crippen LogP contribution in [-0.2, 0) is 10.5 Å². The second-order valence-electron chi connectivity index (χ2n) is 10.0. The quantitative estimate of drug-likeness (QED) is 0.159. The number of benzene rings is 3. The first kappa shape index (κ1) is 27.5. The van der Waals surface area contributed by atoms with Gasteiger partial charge in [0.1, 0.15) is 11.8 Å². The lowest BCUT2D eigenvalue weighted by Crippen LogP contribution is -2.31. The number of ether oxygens (including phenoxy) is 1. The van der Waals surface area contributed by atoms with Crippen LogP contribution in [0, 0.1) is 13.8 Å². The number of nitrogens with one attached hydrogen (secondary N) is 2. The molecule has 1 amide bonds. The van der Waals surface area contributed by atoms with Gasteiger partial charge in [-0.3, -0.25) is 4.79 Å². The first-order valence-corrected chi connectivity index (χ1v) is 14.6. The predicted molar refractivity (Wildman–Crippen MR) is 162 cm³/mol. The van der Waals surface area contributed by atoms with Crippen LogP contribution in [0.3, 0.4) is 0 Å². The summed E-state index contributed by atoms with van der Waals surface area (Å²) in [6.07, 6.45) is 2.09. The van der Waals surface area contributed by atoms with Crippen molar-refractivity contribution in [3.63, 3.8) is 0 Å². The monoisotopic (exact) mass is 553 g/mol. The maximum absolute atomic E-state index is 13.9. The molecule has 0 radical (unpaired) electrons. The molecule has 0 saturated carbocycles. The number of rotatable bonds is 10. The lowest BCUT2D eigenvalue weighted by molar-refractivity contribution is -0.113. The van der Waals surface area contributed by atoms with Gasteiger partial charge in [0, 0.05) is 17.1 Å². The summed E-state index contributed by atoms with van der Waals surface area (Å²) in [5.41, 5.74) is 6.43. The second kappa shape index (κ2) is 12.4. The maximum atomic E-state index is 13.9. The van der Waals surface area contributed by atoms with Gasteiger partial charge in [0.05, 0.1) is 12.2 Å². The minimum Gasteiger partial charge on any atom is -0.494 e. The van der Waals surface area contributed by atoms with Crippen molar-refractivity contribution in [2.75, 3.05) is 17.2 Å². The van der Waals surface area contributed by atoms with Crippen LogP contribution in [0.15, 0.2) is 89.2 Å². The summed E-state index contributed by atoms with van der Waals surface area (Å²) < 4.78 is 7.72. The SMILES string of the molecule is CCCCOc1ccc(C2C(C(=O)Nc3ccc(C)cc3C)=C(C)Nc3nc(SCc4ccccc4)nn32)cc1. The van der Waals surface area contributed by atoms with Gasteiger partial charge in [-0.15, -0.1) is 5.10 Å². The van der Waals surface area contributed by atoms with Gasteiger partial charge in [-0.05, 0) is 62.1 Å². The number of fused-ring (bicyclic) bond motifs is 1. The number of thioether (sulfide) groups is 1. The van der Waals surface area contributed by atoms with Crippen LogP contribution in [0.5, 0.6) is 5.75 Å². The first-order chi connectivity index (χ1) is 19.4. The summed E-state index contributed by atoms with van der Waals surface area (Å²) >= 11 is 1.57. The molecule has 1 atom stereocenters. The van der Waals surface area contributed by atoms with Gasteiger partial charge in [-0.25, -0.2) is 4.68 Å². The standard InChI is InChI=1S/C32H35N5O2S/c1-5-6-18-39-26-15-13-25(14-16-26)29-28(30(38)34-27-17-12-21(2)19-22(27)3)23(4)33-31-35-32(36-37(29)31)40-20-24-10-8-7-9-11-24/h7-17,19,29H,5-6,18,20H2,1-4H3,(H,34,38)(H,33,35,36). The van der Waals surface area contributed by atoms with Crippen molar-refractivity contribution in [1.82, 2.24) is 14.8 Å². The summed E-state index contributed by atoms with van der Waals surface area (Å²) in [6.45, 7) is 8.79. The number of hydrogen-bond donors (Lipinski definition) is 2. The number of amides is 1. The Morgan fingerprint density at radius 2 is 1.82 bits per heavy atom. The molecular weight excluding hydrogens is 518 g/mol. The summed E-state index contributed by atoms with van der Waals surface area (Å²) in [4.78, 5) is 18.6. The average molecular weight is 554 g/mol. The molecule has 8 heteroatoms. The number of allylic oxidation sites excluding steroid dienone is 1. The van der Waals surface area contributed by atoms with Gasteiger partial charge in [0.25, 0.3) is 5.91 Å². The van der Waals surface area contributed by atoms with E-state index in [9.17, 15) is 4.79 Å². The molecule has 1 unspecified atom stereocenters. The van der Waals surface area contributed by atoms with Gasteiger partial charge in [0.15, 0.2) is 0 Å². The van der Waals surface area contributed by atoms with Crippen molar-refractivity contribution < 1.29 is 9.53 Å². The predicted octanol–water partition coefficient (Wildman–Crippen LogP) is 7.29. The lowest BCUT2D eigenvalue weighted by atomic mass is 9.94. The number of anilines is 2. The van der Waals surface area contributed by atoms with Crippen LogP contribution in [0.25, 0.3) is 0 Å². The van der Waals surface area contributed by atoms with E-state index in [4.69, 9.17) is 14.8 Å². The second-order valence-corrected chi connectivity index (χ2v) is 11.0. The molecule has 0 fully saturated rings.